The summed E-state index contributed by atoms with van der Waals surface area (Å²) in [6.45, 7) is 1.40. The van der Waals surface area contributed by atoms with E-state index in [1.165, 1.54) is 27.4 Å². The molecule has 0 aliphatic rings. The number of hydrogen-bond donors (Lipinski definition) is 3. The molecule has 0 saturated carbocycles. The summed E-state index contributed by atoms with van der Waals surface area (Å²) in [5.74, 6) is -0.524. The number of benzene rings is 1. The van der Waals surface area contributed by atoms with Crippen molar-refractivity contribution in [3.63, 3.8) is 0 Å². The maximum Gasteiger partial charge on any atom is 0.344 e. The molecular weight excluding hydrogens is 292 g/mol. The van der Waals surface area contributed by atoms with Gasteiger partial charge in [0, 0.05) is 5.56 Å². The molecule has 0 aliphatic heterocycles. The predicted octanol–water partition coefficient (Wildman–Crippen LogP) is 0.163. The number of carboxylic acid groups (broad SMARTS) is 1. The van der Waals surface area contributed by atoms with Crippen LogP contribution in [-0.2, 0) is 4.79 Å². The number of nitrogens with two attached hydrogens (primary N) is 2. The lowest BCUT2D eigenvalue weighted by atomic mass is 10.2. The van der Waals surface area contributed by atoms with Crippen LogP contribution in [0.1, 0.15) is 12.5 Å². The molecular formula is C13H18N4O5. The van der Waals surface area contributed by atoms with E-state index in [9.17, 15) is 4.79 Å². The second kappa shape index (κ2) is 7.72. The van der Waals surface area contributed by atoms with Gasteiger partial charge in [-0.15, -0.1) is 5.10 Å². The molecule has 0 aromatic heterocycles. The highest BCUT2D eigenvalue weighted by molar-refractivity contribution is 5.84. The van der Waals surface area contributed by atoms with Crippen molar-refractivity contribution in [2.45, 2.75) is 13.0 Å². The maximum atomic E-state index is 10.9. The molecule has 0 fully saturated rings. The van der Waals surface area contributed by atoms with Crippen molar-refractivity contribution in [2.24, 2.45) is 21.7 Å². The van der Waals surface area contributed by atoms with Gasteiger partial charge in [-0.25, -0.2) is 4.79 Å². The minimum atomic E-state index is -1.11. The van der Waals surface area contributed by atoms with Gasteiger partial charge in [-0.2, -0.15) is 5.10 Å². The normalized spacial score (nSPS) is 11.8. The zero-order valence-corrected chi connectivity index (χ0v) is 12.4. The van der Waals surface area contributed by atoms with Crippen LogP contribution >= 0.6 is 0 Å². The molecule has 1 unspecified atom stereocenters. The quantitative estimate of drug-likeness (QED) is 0.370. The molecule has 1 rings (SSSR count). The van der Waals surface area contributed by atoms with Crippen molar-refractivity contribution in [3.8, 4) is 17.2 Å². The molecule has 9 heteroatoms. The summed E-state index contributed by atoms with van der Waals surface area (Å²) in [5, 5.41) is 16.1. The molecule has 0 bridgehead atoms. The van der Waals surface area contributed by atoms with E-state index < -0.39 is 12.1 Å². The number of carbonyl (C=O) groups is 1. The third kappa shape index (κ3) is 4.54. The van der Waals surface area contributed by atoms with Crippen LogP contribution in [0.2, 0.25) is 0 Å². The number of methoxy groups -OCH3 is 2. The molecule has 1 aromatic rings. The molecule has 22 heavy (non-hydrogen) atoms. The minimum absolute atomic E-state index is 0.176. The molecule has 0 heterocycles. The van der Waals surface area contributed by atoms with E-state index in [1.807, 2.05) is 0 Å². The third-order valence-corrected chi connectivity index (χ3v) is 2.51. The van der Waals surface area contributed by atoms with Crippen LogP contribution in [0.4, 0.5) is 0 Å². The fraction of sp³-hybridized carbons (Fsp3) is 0.308. The lowest BCUT2D eigenvalue weighted by molar-refractivity contribution is -0.144. The molecule has 5 N–H and O–H groups in total. The number of aliphatic carboxylic acids is 1. The van der Waals surface area contributed by atoms with Gasteiger partial charge < -0.3 is 30.8 Å². The Morgan fingerprint density at radius 2 is 1.82 bits per heavy atom. The Hall–Kier alpha value is -2.97. The van der Waals surface area contributed by atoms with Gasteiger partial charge in [0.25, 0.3) is 0 Å². The smallest absolute Gasteiger partial charge is 0.344 e. The van der Waals surface area contributed by atoms with Gasteiger partial charge in [0.2, 0.25) is 11.7 Å². The largest absolute Gasteiger partial charge is 0.493 e. The number of rotatable bonds is 7. The van der Waals surface area contributed by atoms with Crippen molar-refractivity contribution in [2.75, 3.05) is 14.2 Å². The maximum absolute atomic E-state index is 10.9. The lowest BCUT2D eigenvalue weighted by Crippen LogP contribution is -2.23. The minimum Gasteiger partial charge on any atom is -0.493 e. The monoisotopic (exact) mass is 310 g/mol. The van der Waals surface area contributed by atoms with Gasteiger partial charge in [0.1, 0.15) is 0 Å². The summed E-state index contributed by atoms with van der Waals surface area (Å²) < 4.78 is 15.7. The Labute approximate surface area is 127 Å². The van der Waals surface area contributed by atoms with Crippen LogP contribution < -0.4 is 25.7 Å². The van der Waals surface area contributed by atoms with E-state index in [-0.39, 0.29) is 11.7 Å². The van der Waals surface area contributed by atoms with Crippen LogP contribution in [0.3, 0.4) is 0 Å². The van der Waals surface area contributed by atoms with E-state index >= 15 is 0 Å². The highest BCUT2D eigenvalue weighted by Gasteiger charge is 2.20. The van der Waals surface area contributed by atoms with Gasteiger partial charge >= 0.3 is 5.97 Å². The second-order valence-electron chi connectivity index (χ2n) is 4.12. The number of guanidine groups is 1. The Bertz CT molecular complexity index is 571. The summed E-state index contributed by atoms with van der Waals surface area (Å²) in [7, 11) is 2.84. The second-order valence-corrected chi connectivity index (χ2v) is 4.12. The fourth-order valence-corrected chi connectivity index (χ4v) is 1.48. The topological polar surface area (TPSA) is 142 Å². The van der Waals surface area contributed by atoms with Gasteiger partial charge in [0.05, 0.1) is 20.4 Å². The summed E-state index contributed by atoms with van der Waals surface area (Å²) in [6, 6.07) is 3.16. The average Bonchev–Trinajstić information content (AvgIpc) is 2.47. The third-order valence-electron chi connectivity index (χ3n) is 2.51. The van der Waals surface area contributed by atoms with Crippen LogP contribution in [0.25, 0.3) is 0 Å². The van der Waals surface area contributed by atoms with Crippen LogP contribution in [0, 0.1) is 0 Å². The summed E-state index contributed by atoms with van der Waals surface area (Å²) in [6.07, 6.45) is 0.318. The molecule has 1 atom stereocenters. The first kappa shape index (κ1) is 17.1. The van der Waals surface area contributed by atoms with E-state index in [0.717, 1.165) is 0 Å². The summed E-state index contributed by atoms with van der Waals surface area (Å²) >= 11 is 0. The zero-order valence-electron chi connectivity index (χ0n) is 12.4. The standard InChI is InChI=1S/C13H18N4O5/c1-7(12(18)19)22-11-9(20-2)4-8(5-10(11)21-3)6-16-17-13(14)15/h4-7H,1-3H3,(H,18,19)(H4,14,15,17). The van der Waals surface area contributed by atoms with E-state index in [2.05, 4.69) is 10.2 Å². The highest BCUT2D eigenvalue weighted by atomic mass is 16.6. The molecule has 1 aromatic carbocycles. The first-order valence-corrected chi connectivity index (χ1v) is 6.16. The Balaban J connectivity index is 3.20. The van der Waals surface area contributed by atoms with Gasteiger partial charge in [-0.05, 0) is 19.1 Å². The molecule has 0 aliphatic carbocycles. The van der Waals surface area contributed by atoms with Crippen LogP contribution in [-0.4, -0.2) is 43.6 Å². The van der Waals surface area contributed by atoms with Crippen molar-refractivity contribution >= 4 is 18.1 Å². The van der Waals surface area contributed by atoms with Crippen molar-refractivity contribution in [1.29, 1.82) is 0 Å². The molecule has 0 spiro atoms. The van der Waals surface area contributed by atoms with E-state index in [4.69, 9.17) is 30.8 Å². The van der Waals surface area contributed by atoms with Crippen molar-refractivity contribution in [3.05, 3.63) is 17.7 Å². The van der Waals surface area contributed by atoms with Crippen molar-refractivity contribution < 1.29 is 24.1 Å². The Morgan fingerprint density at radius 1 is 1.27 bits per heavy atom. The number of ether oxygens (including phenoxy) is 3. The molecule has 0 amide bonds. The average molecular weight is 310 g/mol. The predicted molar refractivity (Wildman–Crippen MR) is 80.7 cm³/mol. The zero-order chi connectivity index (χ0) is 16.7. The highest BCUT2D eigenvalue weighted by Crippen LogP contribution is 2.38. The van der Waals surface area contributed by atoms with Gasteiger partial charge in [-0.3, -0.25) is 0 Å². The SMILES string of the molecule is COc1cc(C=NN=C(N)N)cc(OC)c1OC(C)C(=O)O. The van der Waals surface area contributed by atoms with Crippen LogP contribution in [0.5, 0.6) is 17.2 Å². The number of nitrogens with zero attached hydrogens (tertiary/aromatic N) is 2. The lowest BCUT2D eigenvalue weighted by Gasteiger charge is -2.17. The summed E-state index contributed by atoms with van der Waals surface area (Å²) in [4.78, 5) is 10.9. The Morgan fingerprint density at radius 3 is 2.23 bits per heavy atom. The first-order valence-electron chi connectivity index (χ1n) is 6.16. The number of hydrogen-bond acceptors (Lipinski definition) is 6. The summed E-state index contributed by atoms with van der Waals surface area (Å²) in [5.41, 5.74) is 10.9. The van der Waals surface area contributed by atoms with Gasteiger partial charge in [0.15, 0.2) is 17.6 Å². The Kier molecular flexibility index (Phi) is 5.99. The first-order chi connectivity index (χ1) is 10.4. The van der Waals surface area contributed by atoms with E-state index in [0.29, 0.717) is 17.1 Å². The number of carboxylic acids is 1. The van der Waals surface area contributed by atoms with Crippen molar-refractivity contribution in [1.82, 2.24) is 0 Å². The molecule has 0 saturated heterocycles. The van der Waals surface area contributed by atoms with Gasteiger partial charge in [-0.1, -0.05) is 0 Å². The molecule has 0 radical (unpaired) electrons. The fourth-order valence-electron chi connectivity index (χ4n) is 1.48. The van der Waals surface area contributed by atoms with E-state index in [1.54, 1.807) is 12.1 Å². The molecule has 120 valence electrons. The van der Waals surface area contributed by atoms with Crippen LogP contribution in [0.15, 0.2) is 22.3 Å². The molecule has 9 nitrogen and oxygen atoms in total.